The van der Waals surface area contributed by atoms with Gasteiger partial charge in [-0.05, 0) is 72.2 Å². The number of halogens is 1. The number of anilines is 1. The highest BCUT2D eigenvalue weighted by atomic mass is 127. The molecule has 5 heteroatoms. The molecule has 0 spiro atoms. The summed E-state index contributed by atoms with van der Waals surface area (Å²) in [5.41, 5.74) is 0.678. The molecule has 3 rings (SSSR count). The zero-order chi connectivity index (χ0) is 15.5. The number of imide groups is 1. The Morgan fingerprint density at radius 3 is 2.45 bits per heavy atom. The maximum atomic E-state index is 12.5. The Morgan fingerprint density at radius 2 is 1.77 bits per heavy atom. The molecule has 1 saturated carbocycles. The number of nitrogens with one attached hydrogen (secondary N) is 1. The lowest BCUT2D eigenvalue weighted by molar-refractivity contribution is -0.121. The third-order valence-corrected chi connectivity index (χ3v) is 5.33. The van der Waals surface area contributed by atoms with E-state index in [0.29, 0.717) is 11.6 Å². The number of carbonyl (C=O) groups excluding carboxylic acids is 2. The molecule has 0 radical (unpaired) electrons. The minimum Gasteiger partial charge on any atom is -0.305 e. The van der Waals surface area contributed by atoms with E-state index in [1.165, 1.54) is 37.0 Å². The molecule has 1 aromatic carbocycles. The normalized spacial score (nSPS) is 23.3. The Balaban J connectivity index is 1.62. The lowest BCUT2D eigenvalue weighted by atomic mass is 9.89. The first-order chi connectivity index (χ1) is 10.6. The minimum absolute atomic E-state index is 0.104. The van der Waals surface area contributed by atoms with Crippen LogP contribution in [0.15, 0.2) is 24.3 Å². The van der Waals surface area contributed by atoms with Crippen LogP contribution in [0.1, 0.15) is 38.5 Å². The third kappa shape index (κ3) is 3.51. The number of hydrogen-bond donors (Lipinski definition) is 1. The standard InChI is InChI=1S/C17H21IN2O2/c18-13-6-8-14(9-7-13)20-16(21)10-15(17(20)22)19-11-12-4-2-1-3-5-12/h6-9,12,15,19H,1-5,10-11H2/t15-/m0/s1. The van der Waals surface area contributed by atoms with Crippen molar-refractivity contribution in [1.29, 1.82) is 0 Å². The minimum atomic E-state index is -0.353. The molecule has 2 aliphatic rings. The zero-order valence-electron chi connectivity index (χ0n) is 12.6. The van der Waals surface area contributed by atoms with Gasteiger partial charge in [-0.2, -0.15) is 0 Å². The van der Waals surface area contributed by atoms with E-state index in [1.807, 2.05) is 24.3 Å². The molecule has 0 unspecified atom stereocenters. The Morgan fingerprint density at radius 1 is 1.09 bits per heavy atom. The van der Waals surface area contributed by atoms with Crippen LogP contribution < -0.4 is 10.2 Å². The molecular weight excluding hydrogens is 391 g/mol. The third-order valence-electron chi connectivity index (χ3n) is 4.61. The van der Waals surface area contributed by atoms with Gasteiger partial charge in [0, 0.05) is 3.57 Å². The summed E-state index contributed by atoms with van der Waals surface area (Å²) in [4.78, 5) is 26.0. The first-order valence-corrected chi connectivity index (χ1v) is 9.09. The van der Waals surface area contributed by atoms with Crippen LogP contribution in [0.3, 0.4) is 0 Å². The second-order valence-corrected chi connectivity index (χ2v) is 7.46. The Bertz CT molecular complexity index is 552. The Hall–Kier alpha value is -0.950. The molecule has 1 atom stereocenters. The van der Waals surface area contributed by atoms with E-state index in [2.05, 4.69) is 27.9 Å². The van der Waals surface area contributed by atoms with Crippen molar-refractivity contribution < 1.29 is 9.59 Å². The van der Waals surface area contributed by atoms with E-state index in [-0.39, 0.29) is 24.3 Å². The highest BCUT2D eigenvalue weighted by molar-refractivity contribution is 14.1. The van der Waals surface area contributed by atoms with Gasteiger partial charge in [-0.3, -0.25) is 9.59 Å². The van der Waals surface area contributed by atoms with Crippen LogP contribution >= 0.6 is 22.6 Å². The highest BCUT2D eigenvalue weighted by Gasteiger charge is 2.39. The second-order valence-electron chi connectivity index (χ2n) is 6.21. The number of hydrogen-bond acceptors (Lipinski definition) is 3. The van der Waals surface area contributed by atoms with Gasteiger partial charge in [0.1, 0.15) is 0 Å². The molecule has 2 fully saturated rings. The van der Waals surface area contributed by atoms with Crippen LogP contribution in [0.5, 0.6) is 0 Å². The van der Waals surface area contributed by atoms with Crippen LogP contribution in [0.25, 0.3) is 0 Å². The summed E-state index contributed by atoms with van der Waals surface area (Å²) in [6.45, 7) is 0.851. The summed E-state index contributed by atoms with van der Waals surface area (Å²) in [5.74, 6) is 0.443. The predicted molar refractivity (Wildman–Crippen MR) is 94.6 cm³/mol. The van der Waals surface area contributed by atoms with Gasteiger partial charge in [-0.15, -0.1) is 0 Å². The van der Waals surface area contributed by atoms with Crippen LogP contribution in [0.4, 0.5) is 5.69 Å². The molecular formula is C17H21IN2O2. The smallest absolute Gasteiger partial charge is 0.251 e. The number of rotatable bonds is 4. The topological polar surface area (TPSA) is 49.4 Å². The highest BCUT2D eigenvalue weighted by Crippen LogP contribution is 2.26. The fourth-order valence-corrected chi connectivity index (χ4v) is 3.71. The number of nitrogens with zero attached hydrogens (tertiary/aromatic N) is 1. The largest absolute Gasteiger partial charge is 0.305 e. The number of carbonyl (C=O) groups is 2. The fraction of sp³-hybridized carbons (Fsp3) is 0.529. The SMILES string of the molecule is O=C1C[C@H](NCC2CCCCC2)C(=O)N1c1ccc(I)cc1. The second kappa shape index (κ2) is 7.08. The van der Waals surface area contributed by atoms with Gasteiger partial charge in [0.05, 0.1) is 18.2 Å². The molecule has 4 nitrogen and oxygen atoms in total. The van der Waals surface area contributed by atoms with Gasteiger partial charge in [0.15, 0.2) is 0 Å². The quantitative estimate of drug-likeness (QED) is 0.611. The molecule has 118 valence electrons. The molecule has 1 aliphatic heterocycles. The zero-order valence-corrected chi connectivity index (χ0v) is 14.7. The Kier molecular flexibility index (Phi) is 5.13. The van der Waals surface area contributed by atoms with Crippen molar-refractivity contribution in [3.63, 3.8) is 0 Å². The summed E-state index contributed by atoms with van der Waals surface area (Å²) >= 11 is 2.21. The van der Waals surface area contributed by atoms with E-state index in [1.54, 1.807) is 0 Å². The van der Waals surface area contributed by atoms with Crippen molar-refractivity contribution in [2.75, 3.05) is 11.4 Å². The van der Waals surface area contributed by atoms with Crippen molar-refractivity contribution in [3.05, 3.63) is 27.8 Å². The van der Waals surface area contributed by atoms with E-state index in [0.717, 1.165) is 10.1 Å². The number of amides is 2. The van der Waals surface area contributed by atoms with Crippen LogP contribution in [0, 0.1) is 9.49 Å². The van der Waals surface area contributed by atoms with E-state index in [4.69, 9.17) is 0 Å². The lowest BCUT2D eigenvalue weighted by Gasteiger charge is -2.23. The maximum absolute atomic E-state index is 12.5. The molecule has 1 N–H and O–H groups in total. The van der Waals surface area contributed by atoms with Crippen LogP contribution in [-0.4, -0.2) is 24.4 Å². The van der Waals surface area contributed by atoms with Crippen molar-refractivity contribution >= 4 is 40.1 Å². The molecule has 1 aliphatic carbocycles. The van der Waals surface area contributed by atoms with E-state index < -0.39 is 0 Å². The molecule has 0 aromatic heterocycles. The summed E-state index contributed by atoms with van der Waals surface area (Å²) in [5, 5.41) is 3.33. The lowest BCUT2D eigenvalue weighted by Crippen LogP contribution is -2.41. The molecule has 1 saturated heterocycles. The fourth-order valence-electron chi connectivity index (χ4n) is 3.35. The Labute approximate surface area is 144 Å². The maximum Gasteiger partial charge on any atom is 0.251 e. The first kappa shape index (κ1) is 15.9. The number of benzene rings is 1. The summed E-state index contributed by atoms with van der Waals surface area (Å²) in [6, 6.07) is 7.15. The van der Waals surface area contributed by atoms with Gasteiger partial charge >= 0.3 is 0 Å². The average Bonchev–Trinajstić information content (AvgIpc) is 2.82. The van der Waals surface area contributed by atoms with Crippen molar-refractivity contribution in [2.45, 2.75) is 44.6 Å². The van der Waals surface area contributed by atoms with Gasteiger partial charge in [-0.25, -0.2) is 4.90 Å². The molecule has 2 amide bonds. The van der Waals surface area contributed by atoms with Crippen LogP contribution in [-0.2, 0) is 9.59 Å². The van der Waals surface area contributed by atoms with Crippen molar-refractivity contribution in [3.8, 4) is 0 Å². The van der Waals surface area contributed by atoms with Crippen molar-refractivity contribution in [2.24, 2.45) is 5.92 Å². The summed E-state index contributed by atoms with van der Waals surface area (Å²) in [6.07, 6.45) is 6.66. The van der Waals surface area contributed by atoms with Gasteiger partial charge in [-0.1, -0.05) is 19.3 Å². The molecule has 0 bridgehead atoms. The van der Waals surface area contributed by atoms with Gasteiger partial charge in [0.2, 0.25) is 5.91 Å². The average molecular weight is 412 g/mol. The summed E-state index contributed by atoms with van der Waals surface area (Å²) in [7, 11) is 0. The van der Waals surface area contributed by atoms with Gasteiger partial charge in [0.25, 0.3) is 5.91 Å². The van der Waals surface area contributed by atoms with Crippen molar-refractivity contribution in [1.82, 2.24) is 5.32 Å². The van der Waals surface area contributed by atoms with Crippen LogP contribution in [0.2, 0.25) is 0 Å². The van der Waals surface area contributed by atoms with Gasteiger partial charge < -0.3 is 5.32 Å². The molecule has 1 aromatic rings. The van der Waals surface area contributed by atoms with E-state index in [9.17, 15) is 9.59 Å². The molecule has 1 heterocycles. The monoisotopic (exact) mass is 412 g/mol. The predicted octanol–water partition coefficient (Wildman–Crippen LogP) is 3.09. The first-order valence-electron chi connectivity index (χ1n) is 8.01. The molecule has 22 heavy (non-hydrogen) atoms. The summed E-state index contributed by atoms with van der Waals surface area (Å²) < 4.78 is 1.09. The van der Waals surface area contributed by atoms with E-state index >= 15 is 0 Å².